The number of hydrogen-bond acceptors (Lipinski definition) is 3. The smallest absolute Gasteiger partial charge is 0.191 e. The second-order valence-electron chi connectivity index (χ2n) is 4.31. The van der Waals surface area contributed by atoms with E-state index in [1.807, 2.05) is 12.1 Å². The molecular formula is C14H26N4O. The summed E-state index contributed by atoms with van der Waals surface area (Å²) in [5, 5.41) is 6.53. The maximum absolute atomic E-state index is 5.26. The lowest BCUT2D eigenvalue weighted by molar-refractivity contribution is 0.300. The molecule has 0 bridgehead atoms. The Kier molecular flexibility index (Phi) is 7.74. The number of hydrogen-bond donors (Lipinski definition) is 2. The first-order valence-electron chi connectivity index (χ1n) is 6.99. The summed E-state index contributed by atoms with van der Waals surface area (Å²) in [6.45, 7) is 9.32. The van der Waals surface area contributed by atoms with Crippen LogP contribution in [0.15, 0.2) is 27.8 Å². The Morgan fingerprint density at radius 1 is 1.32 bits per heavy atom. The van der Waals surface area contributed by atoms with Crippen molar-refractivity contribution in [2.75, 3.05) is 33.2 Å². The third-order valence-corrected chi connectivity index (χ3v) is 3.07. The molecule has 1 aromatic rings. The summed E-state index contributed by atoms with van der Waals surface area (Å²) < 4.78 is 5.26. The quantitative estimate of drug-likeness (QED) is 0.427. The van der Waals surface area contributed by atoms with Gasteiger partial charge in [0.1, 0.15) is 5.76 Å². The van der Waals surface area contributed by atoms with Crippen molar-refractivity contribution in [3.63, 3.8) is 0 Å². The van der Waals surface area contributed by atoms with Gasteiger partial charge in [0, 0.05) is 13.6 Å². The molecule has 1 rings (SSSR count). The summed E-state index contributed by atoms with van der Waals surface area (Å²) in [4.78, 5) is 6.60. The summed E-state index contributed by atoms with van der Waals surface area (Å²) in [6.07, 6.45) is 2.79. The van der Waals surface area contributed by atoms with Crippen molar-refractivity contribution in [1.29, 1.82) is 0 Å². The van der Waals surface area contributed by atoms with Crippen LogP contribution in [0.2, 0.25) is 0 Å². The van der Waals surface area contributed by atoms with Crippen LogP contribution in [-0.4, -0.2) is 44.1 Å². The van der Waals surface area contributed by atoms with Gasteiger partial charge in [-0.25, -0.2) is 0 Å². The van der Waals surface area contributed by atoms with Crippen molar-refractivity contribution in [1.82, 2.24) is 15.5 Å². The molecule has 0 fully saturated rings. The molecule has 0 aliphatic rings. The fourth-order valence-electron chi connectivity index (χ4n) is 1.85. The van der Waals surface area contributed by atoms with Gasteiger partial charge in [-0.2, -0.15) is 0 Å². The molecule has 1 aromatic heterocycles. The highest BCUT2D eigenvalue weighted by Gasteiger charge is 2.01. The first-order chi connectivity index (χ1) is 9.30. The fourth-order valence-corrected chi connectivity index (χ4v) is 1.85. The summed E-state index contributed by atoms with van der Waals surface area (Å²) in [5.41, 5.74) is 0. The molecule has 1 heterocycles. The number of nitrogens with zero attached hydrogens (tertiary/aromatic N) is 2. The van der Waals surface area contributed by atoms with E-state index in [4.69, 9.17) is 4.42 Å². The van der Waals surface area contributed by atoms with Crippen molar-refractivity contribution in [2.45, 2.75) is 26.8 Å². The average Bonchev–Trinajstić information content (AvgIpc) is 2.95. The van der Waals surface area contributed by atoms with Gasteiger partial charge in [-0.3, -0.25) is 4.99 Å². The van der Waals surface area contributed by atoms with Crippen LogP contribution in [0.5, 0.6) is 0 Å². The largest absolute Gasteiger partial charge is 0.467 e. The highest BCUT2D eigenvalue weighted by Crippen LogP contribution is 1.98. The van der Waals surface area contributed by atoms with Gasteiger partial charge in [-0.05, 0) is 38.2 Å². The Balaban J connectivity index is 2.15. The van der Waals surface area contributed by atoms with Gasteiger partial charge < -0.3 is 20.0 Å². The van der Waals surface area contributed by atoms with Gasteiger partial charge in [0.15, 0.2) is 5.96 Å². The lowest BCUT2D eigenvalue weighted by Gasteiger charge is -2.18. The summed E-state index contributed by atoms with van der Waals surface area (Å²) in [5.74, 6) is 1.72. The zero-order valence-electron chi connectivity index (χ0n) is 12.3. The molecule has 5 nitrogen and oxygen atoms in total. The van der Waals surface area contributed by atoms with Crippen LogP contribution in [-0.2, 0) is 6.54 Å². The molecule has 19 heavy (non-hydrogen) atoms. The molecule has 0 spiro atoms. The van der Waals surface area contributed by atoms with Crippen LogP contribution < -0.4 is 10.6 Å². The highest BCUT2D eigenvalue weighted by atomic mass is 16.3. The van der Waals surface area contributed by atoms with Crippen molar-refractivity contribution in [2.24, 2.45) is 4.99 Å². The van der Waals surface area contributed by atoms with E-state index in [0.29, 0.717) is 6.54 Å². The lowest BCUT2D eigenvalue weighted by atomic mass is 10.3. The number of aliphatic imine (C=N–C) groups is 1. The van der Waals surface area contributed by atoms with Gasteiger partial charge in [-0.1, -0.05) is 13.8 Å². The predicted octanol–water partition coefficient (Wildman–Crippen LogP) is 1.68. The number of nitrogens with one attached hydrogen (secondary N) is 2. The third-order valence-electron chi connectivity index (χ3n) is 3.07. The second-order valence-corrected chi connectivity index (χ2v) is 4.31. The van der Waals surface area contributed by atoms with Crippen LogP contribution >= 0.6 is 0 Å². The van der Waals surface area contributed by atoms with E-state index in [2.05, 4.69) is 34.4 Å². The normalized spacial score (nSPS) is 11.9. The van der Waals surface area contributed by atoms with Gasteiger partial charge in [0.05, 0.1) is 12.8 Å². The van der Waals surface area contributed by atoms with Crippen molar-refractivity contribution < 1.29 is 4.42 Å². The number of guanidine groups is 1. The topological polar surface area (TPSA) is 52.8 Å². The molecule has 5 heteroatoms. The van der Waals surface area contributed by atoms with Crippen LogP contribution in [0, 0.1) is 0 Å². The maximum atomic E-state index is 5.26. The Bertz CT molecular complexity index is 344. The average molecular weight is 266 g/mol. The van der Waals surface area contributed by atoms with Crippen molar-refractivity contribution >= 4 is 5.96 Å². The van der Waals surface area contributed by atoms with E-state index in [1.54, 1.807) is 13.3 Å². The second kappa shape index (κ2) is 9.44. The summed E-state index contributed by atoms with van der Waals surface area (Å²) in [6, 6.07) is 3.83. The van der Waals surface area contributed by atoms with Gasteiger partial charge in [0.25, 0.3) is 0 Å². The Morgan fingerprint density at radius 3 is 2.68 bits per heavy atom. The van der Waals surface area contributed by atoms with Crippen LogP contribution in [0.3, 0.4) is 0 Å². The number of rotatable bonds is 8. The van der Waals surface area contributed by atoms with E-state index in [1.165, 1.54) is 0 Å². The standard InChI is InChI=1S/C14H26N4O/c1-4-18(5-2)10-7-9-16-14(15-3)17-12-13-8-6-11-19-13/h6,8,11H,4-5,7,9-10,12H2,1-3H3,(H2,15,16,17). The van der Waals surface area contributed by atoms with E-state index < -0.39 is 0 Å². The molecule has 0 saturated carbocycles. The van der Waals surface area contributed by atoms with E-state index in [9.17, 15) is 0 Å². The van der Waals surface area contributed by atoms with Crippen molar-refractivity contribution in [3.8, 4) is 0 Å². The van der Waals surface area contributed by atoms with Gasteiger partial charge >= 0.3 is 0 Å². The van der Waals surface area contributed by atoms with E-state index in [-0.39, 0.29) is 0 Å². The van der Waals surface area contributed by atoms with Crippen LogP contribution in [0.4, 0.5) is 0 Å². The SMILES string of the molecule is CCN(CC)CCCNC(=NC)NCc1ccco1. The first kappa shape index (κ1) is 15.6. The molecule has 0 aliphatic carbocycles. The minimum atomic E-state index is 0.655. The van der Waals surface area contributed by atoms with Crippen molar-refractivity contribution in [3.05, 3.63) is 24.2 Å². The Morgan fingerprint density at radius 2 is 2.11 bits per heavy atom. The van der Waals surface area contributed by atoms with Gasteiger partial charge in [0.2, 0.25) is 0 Å². The third kappa shape index (κ3) is 6.29. The minimum Gasteiger partial charge on any atom is -0.467 e. The summed E-state index contributed by atoms with van der Waals surface area (Å²) in [7, 11) is 1.78. The van der Waals surface area contributed by atoms with E-state index >= 15 is 0 Å². The Labute approximate surface area is 116 Å². The fraction of sp³-hybridized carbons (Fsp3) is 0.643. The minimum absolute atomic E-state index is 0.655. The zero-order chi connectivity index (χ0) is 13.9. The van der Waals surface area contributed by atoms with E-state index in [0.717, 1.165) is 44.3 Å². The molecule has 108 valence electrons. The molecule has 0 atom stereocenters. The van der Waals surface area contributed by atoms with Crippen LogP contribution in [0.1, 0.15) is 26.0 Å². The van der Waals surface area contributed by atoms with Crippen LogP contribution in [0.25, 0.3) is 0 Å². The highest BCUT2D eigenvalue weighted by molar-refractivity contribution is 5.79. The molecular weight excluding hydrogens is 240 g/mol. The molecule has 2 N–H and O–H groups in total. The number of furan rings is 1. The lowest BCUT2D eigenvalue weighted by Crippen LogP contribution is -2.38. The Hall–Kier alpha value is -1.49. The first-order valence-corrected chi connectivity index (χ1v) is 6.99. The molecule has 0 saturated heterocycles. The zero-order valence-corrected chi connectivity index (χ0v) is 12.3. The molecule has 0 amide bonds. The molecule has 0 aliphatic heterocycles. The molecule has 0 radical (unpaired) electrons. The monoisotopic (exact) mass is 266 g/mol. The summed E-state index contributed by atoms with van der Waals surface area (Å²) >= 11 is 0. The van der Waals surface area contributed by atoms with Gasteiger partial charge in [-0.15, -0.1) is 0 Å². The predicted molar refractivity (Wildman–Crippen MR) is 79.3 cm³/mol. The molecule has 0 unspecified atom stereocenters. The maximum Gasteiger partial charge on any atom is 0.191 e. The molecule has 0 aromatic carbocycles.